The van der Waals surface area contributed by atoms with Gasteiger partial charge in [0.05, 0.1) is 0 Å². The molecule has 1 amide bonds. The molecule has 0 bridgehead atoms. The topological polar surface area (TPSA) is 46.1 Å². The number of anilines is 1. The number of hydrogen-bond donors (Lipinski definition) is 0. The lowest BCUT2D eigenvalue weighted by Gasteiger charge is -2.27. The van der Waals surface area contributed by atoms with E-state index < -0.39 is 0 Å². The van der Waals surface area contributed by atoms with E-state index in [4.69, 9.17) is 0 Å². The maximum absolute atomic E-state index is 12.4. The van der Waals surface area contributed by atoms with Crippen LogP contribution < -0.4 is 4.90 Å². The third kappa shape index (κ3) is 5.44. The van der Waals surface area contributed by atoms with Gasteiger partial charge in [0.25, 0.3) is 0 Å². The Morgan fingerprint density at radius 1 is 1.14 bits per heavy atom. The number of nitrogens with zero attached hydrogens (tertiary/aromatic N) is 3. The summed E-state index contributed by atoms with van der Waals surface area (Å²) in [6.07, 6.45) is 10.5. The van der Waals surface area contributed by atoms with Gasteiger partial charge in [-0.2, -0.15) is 0 Å². The highest BCUT2D eigenvalue weighted by Gasteiger charge is 2.22. The van der Waals surface area contributed by atoms with E-state index in [2.05, 4.69) is 30.7 Å². The summed E-state index contributed by atoms with van der Waals surface area (Å²) in [5.41, 5.74) is 1.15. The minimum Gasteiger partial charge on any atom is -0.278 e. The van der Waals surface area contributed by atoms with Crippen molar-refractivity contribution in [3.63, 3.8) is 0 Å². The molecule has 1 aromatic heterocycles. The van der Waals surface area contributed by atoms with Crippen molar-refractivity contribution < 1.29 is 4.79 Å². The minimum atomic E-state index is 0.125. The Kier molecular flexibility index (Phi) is 7.95. The molecule has 4 heteroatoms. The van der Waals surface area contributed by atoms with E-state index in [1.54, 1.807) is 4.90 Å². The third-order valence-corrected chi connectivity index (χ3v) is 3.61. The van der Waals surface area contributed by atoms with E-state index in [1.807, 2.05) is 19.3 Å². The molecule has 0 aliphatic heterocycles. The smallest absolute Gasteiger partial charge is 0.232 e. The predicted molar refractivity (Wildman–Crippen MR) is 87.4 cm³/mol. The largest absolute Gasteiger partial charge is 0.278 e. The van der Waals surface area contributed by atoms with Crippen molar-refractivity contribution in [2.24, 2.45) is 0 Å². The summed E-state index contributed by atoms with van der Waals surface area (Å²) >= 11 is 0. The summed E-state index contributed by atoms with van der Waals surface area (Å²) in [6, 6.07) is 0.149. The molecule has 0 fully saturated rings. The first-order valence-corrected chi connectivity index (χ1v) is 8.26. The van der Waals surface area contributed by atoms with E-state index in [-0.39, 0.29) is 11.9 Å². The summed E-state index contributed by atoms with van der Waals surface area (Å²) in [5.74, 6) is 0.675. The number of amides is 1. The second-order valence-electron chi connectivity index (χ2n) is 5.65. The van der Waals surface area contributed by atoms with Crippen LogP contribution in [0.1, 0.15) is 71.8 Å². The fraction of sp³-hybridized carbons (Fsp3) is 0.706. The molecule has 0 aromatic carbocycles. The Labute approximate surface area is 129 Å². The molecule has 0 saturated heterocycles. The first kappa shape index (κ1) is 17.6. The van der Waals surface area contributed by atoms with Crippen LogP contribution in [0.5, 0.6) is 0 Å². The van der Waals surface area contributed by atoms with E-state index >= 15 is 0 Å². The Bertz CT molecular complexity index is 417. The summed E-state index contributed by atoms with van der Waals surface area (Å²) in [7, 11) is 0. The van der Waals surface area contributed by atoms with Gasteiger partial charge in [-0.3, -0.25) is 9.69 Å². The zero-order valence-corrected chi connectivity index (χ0v) is 13.9. The first-order chi connectivity index (χ1) is 10.1. The SMILES string of the molecule is CCCCc1cnc(N(C(=O)CCC)C(C)CCC)nc1. The highest BCUT2D eigenvalue weighted by Crippen LogP contribution is 2.17. The molecule has 21 heavy (non-hydrogen) atoms. The van der Waals surface area contributed by atoms with Crippen LogP contribution in [0.2, 0.25) is 0 Å². The second-order valence-corrected chi connectivity index (χ2v) is 5.65. The molecule has 0 radical (unpaired) electrons. The van der Waals surface area contributed by atoms with Crippen LogP contribution in [0.15, 0.2) is 12.4 Å². The van der Waals surface area contributed by atoms with Crippen molar-refractivity contribution >= 4 is 11.9 Å². The Morgan fingerprint density at radius 3 is 2.33 bits per heavy atom. The number of carbonyl (C=O) groups is 1. The molecule has 118 valence electrons. The van der Waals surface area contributed by atoms with Gasteiger partial charge in [-0.15, -0.1) is 0 Å². The Morgan fingerprint density at radius 2 is 1.81 bits per heavy atom. The second kappa shape index (κ2) is 9.48. The van der Waals surface area contributed by atoms with Crippen LogP contribution in [-0.4, -0.2) is 21.9 Å². The van der Waals surface area contributed by atoms with Crippen molar-refractivity contribution in [1.82, 2.24) is 9.97 Å². The quantitative estimate of drug-likeness (QED) is 0.687. The van der Waals surface area contributed by atoms with Crippen molar-refractivity contribution in [2.75, 3.05) is 4.90 Å². The van der Waals surface area contributed by atoms with Crippen molar-refractivity contribution in [3.05, 3.63) is 18.0 Å². The zero-order valence-electron chi connectivity index (χ0n) is 13.9. The molecule has 1 unspecified atom stereocenters. The third-order valence-electron chi connectivity index (χ3n) is 3.61. The first-order valence-electron chi connectivity index (χ1n) is 8.26. The zero-order chi connectivity index (χ0) is 15.7. The monoisotopic (exact) mass is 291 g/mol. The van der Waals surface area contributed by atoms with Gasteiger partial charge >= 0.3 is 0 Å². The van der Waals surface area contributed by atoms with Crippen LogP contribution in [0.3, 0.4) is 0 Å². The van der Waals surface area contributed by atoms with Crippen LogP contribution in [-0.2, 0) is 11.2 Å². The van der Waals surface area contributed by atoms with Gasteiger partial charge in [-0.25, -0.2) is 9.97 Å². The molecule has 1 rings (SSSR count). The molecular formula is C17H29N3O. The molecule has 0 saturated carbocycles. The lowest BCUT2D eigenvalue weighted by molar-refractivity contribution is -0.119. The van der Waals surface area contributed by atoms with Crippen molar-refractivity contribution in [3.8, 4) is 0 Å². The van der Waals surface area contributed by atoms with E-state index in [0.717, 1.165) is 44.1 Å². The Balaban J connectivity index is 2.89. The summed E-state index contributed by atoms with van der Waals surface area (Å²) < 4.78 is 0. The van der Waals surface area contributed by atoms with Crippen LogP contribution in [0.4, 0.5) is 5.95 Å². The maximum atomic E-state index is 12.4. The van der Waals surface area contributed by atoms with Crippen molar-refractivity contribution in [2.45, 2.75) is 78.7 Å². The molecule has 1 atom stereocenters. The predicted octanol–water partition coefficient (Wildman–Crippen LogP) is 4.14. The van der Waals surface area contributed by atoms with Crippen LogP contribution in [0.25, 0.3) is 0 Å². The number of aryl methyl sites for hydroxylation is 1. The maximum Gasteiger partial charge on any atom is 0.232 e. The number of unbranched alkanes of at least 4 members (excludes halogenated alkanes) is 1. The van der Waals surface area contributed by atoms with Gasteiger partial charge in [-0.05, 0) is 38.2 Å². The van der Waals surface area contributed by atoms with E-state index in [9.17, 15) is 4.79 Å². The minimum absolute atomic E-state index is 0.125. The highest BCUT2D eigenvalue weighted by atomic mass is 16.2. The summed E-state index contributed by atoms with van der Waals surface area (Å²) in [5, 5.41) is 0. The fourth-order valence-corrected chi connectivity index (χ4v) is 2.42. The van der Waals surface area contributed by atoms with Gasteiger partial charge in [-0.1, -0.05) is 33.6 Å². The standard InChI is InChI=1S/C17H29N3O/c1-5-8-11-15-12-18-17(19-13-15)20(14(4)9-6-2)16(21)10-7-3/h12-14H,5-11H2,1-4H3. The lowest BCUT2D eigenvalue weighted by Crippen LogP contribution is -2.39. The number of aromatic nitrogens is 2. The molecule has 1 aromatic rings. The van der Waals surface area contributed by atoms with E-state index in [1.165, 1.54) is 0 Å². The molecule has 0 aliphatic rings. The molecule has 0 aliphatic carbocycles. The normalized spacial score (nSPS) is 12.2. The number of carbonyl (C=O) groups excluding carboxylic acids is 1. The molecule has 0 spiro atoms. The Hall–Kier alpha value is -1.45. The fourth-order valence-electron chi connectivity index (χ4n) is 2.42. The molecule has 4 nitrogen and oxygen atoms in total. The lowest BCUT2D eigenvalue weighted by atomic mass is 10.1. The average Bonchev–Trinajstić information content (AvgIpc) is 2.47. The van der Waals surface area contributed by atoms with Crippen LogP contribution >= 0.6 is 0 Å². The summed E-state index contributed by atoms with van der Waals surface area (Å²) in [6.45, 7) is 8.40. The van der Waals surface area contributed by atoms with Gasteiger partial charge in [0.1, 0.15) is 0 Å². The van der Waals surface area contributed by atoms with Gasteiger partial charge in [0.15, 0.2) is 0 Å². The van der Waals surface area contributed by atoms with Gasteiger partial charge in [0.2, 0.25) is 11.9 Å². The summed E-state index contributed by atoms with van der Waals surface area (Å²) in [4.78, 5) is 23.0. The number of hydrogen-bond acceptors (Lipinski definition) is 3. The molecule has 1 heterocycles. The van der Waals surface area contributed by atoms with Crippen LogP contribution in [0, 0.1) is 0 Å². The van der Waals surface area contributed by atoms with Gasteiger partial charge < -0.3 is 0 Å². The number of rotatable bonds is 9. The van der Waals surface area contributed by atoms with Gasteiger partial charge in [0, 0.05) is 24.9 Å². The average molecular weight is 291 g/mol. The van der Waals surface area contributed by atoms with E-state index in [0.29, 0.717) is 12.4 Å². The van der Waals surface area contributed by atoms with Crippen molar-refractivity contribution in [1.29, 1.82) is 0 Å². The molecule has 0 N–H and O–H groups in total. The highest BCUT2D eigenvalue weighted by molar-refractivity contribution is 5.92. The molecular weight excluding hydrogens is 262 g/mol.